The zero-order chi connectivity index (χ0) is 9.64. The summed E-state index contributed by atoms with van der Waals surface area (Å²) in [7, 11) is 0. The molecule has 2 nitrogen and oxygen atoms in total. The molecule has 3 atom stereocenters. The predicted octanol–water partition coefficient (Wildman–Crippen LogP) is 1.91. The van der Waals surface area contributed by atoms with Crippen LogP contribution in [0, 0.1) is 23.2 Å². The minimum atomic E-state index is 0.302. The highest BCUT2D eigenvalue weighted by atomic mass is 15.2. The smallest absolute Gasteiger partial charge is 0.0287 e. The first-order valence-electron chi connectivity index (χ1n) is 5.48. The van der Waals surface area contributed by atoms with Gasteiger partial charge in [-0.05, 0) is 42.4 Å². The Morgan fingerprint density at radius 2 is 1.69 bits per heavy atom. The van der Waals surface area contributed by atoms with E-state index in [2.05, 4.69) is 26.2 Å². The van der Waals surface area contributed by atoms with Crippen molar-refractivity contribution in [3.63, 3.8) is 0 Å². The molecular formula is C11H22N2. The molecule has 2 fully saturated rings. The third kappa shape index (κ3) is 1.75. The van der Waals surface area contributed by atoms with E-state index in [1.807, 2.05) is 0 Å². The molecule has 76 valence electrons. The molecule has 0 bridgehead atoms. The van der Waals surface area contributed by atoms with Crippen LogP contribution in [-0.4, -0.2) is 6.04 Å². The Morgan fingerprint density at radius 1 is 1.15 bits per heavy atom. The maximum Gasteiger partial charge on any atom is 0.0287 e. The van der Waals surface area contributed by atoms with Gasteiger partial charge in [-0.1, -0.05) is 20.8 Å². The van der Waals surface area contributed by atoms with Gasteiger partial charge in [-0.15, -0.1) is 0 Å². The van der Waals surface area contributed by atoms with Crippen molar-refractivity contribution in [1.29, 1.82) is 0 Å². The zero-order valence-corrected chi connectivity index (χ0v) is 9.01. The van der Waals surface area contributed by atoms with Gasteiger partial charge in [0.2, 0.25) is 0 Å². The summed E-state index contributed by atoms with van der Waals surface area (Å²) < 4.78 is 0. The second-order valence-electron chi connectivity index (χ2n) is 6.00. The molecule has 0 aromatic heterocycles. The van der Waals surface area contributed by atoms with Crippen LogP contribution >= 0.6 is 0 Å². The SMILES string of the molecule is CC(C)(C)C(NN)C1CC2CC2C1. The van der Waals surface area contributed by atoms with E-state index in [1.54, 1.807) is 0 Å². The summed E-state index contributed by atoms with van der Waals surface area (Å²) in [6, 6.07) is 0.500. The van der Waals surface area contributed by atoms with Crippen LogP contribution in [0.25, 0.3) is 0 Å². The van der Waals surface area contributed by atoms with Crippen molar-refractivity contribution in [1.82, 2.24) is 5.43 Å². The van der Waals surface area contributed by atoms with Gasteiger partial charge in [-0.25, -0.2) is 0 Å². The van der Waals surface area contributed by atoms with Crippen LogP contribution in [-0.2, 0) is 0 Å². The molecule has 2 heteroatoms. The summed E-state index contributed by atoms with van der Waals surface area (Å²) in [5, 5.41) is 0. The molecule has 3 N–H and O–H groups in total. The number of hydrogen-bond donors (Lipinski definition) is 2. The Labute approximate surface area is 81.2 Å². The number of hydrazine groups is 1. The van der Waals surface area contributed by atoms with Crippen LogP contribution < -0.4 is 11.3 Å². The quantitative estimate of drug-likeness (QED) is 0.506. The van der Waals surface area contributed by atoms with E-state index in [-0.39, 0.29) is 0 Å². The van der Waals surface area contributed by atoms with Crippen LogP contribution in [0.2, 0.25) is 0 Å². The van der Waals surface area contributed by atoms with Crippen molar-refractivity contribution in [3.8, 4) is 0 Å². The normalized spacial score (nSPS) is 40.2. The van der Waals surface area contributed by atoms with E-state index >= 15 is 0 Å². The highest BCUT2D eigenvalue weighted by Crippen LogP contribution is 2.56. The standard InChI is InChI=1S/C11H22N2/c1-11(2,3)10(13-12)9-5-7-4-8(7)6-9/h7-10,13H,4-6,12H2,1-3H3. The zero-order valence-electron chi connectivity index (χ0n) is 9.01. The lowest BCUT2D eigenvalue weighted by Gasteiger charge is -2.35. The Kier molecular flexibility index (Phi) is 2.16. The first-order chi connectivity index (χ1) is 6.02. The van der Waals surface area contributed by atoms with E-state index in [0.717, 1.165) is 17.8 Å². The number of nitrogens with one attached hydrogen (secondary N) is 1. The van der Waals surface area contributed by atoms with Crippen molar-refractivity contribution < 1.29 is 0 Å². The maximum atomic E-state index is 5.65. The average molecular weight is 182 g/mol. The summed E-state index contributed by atoms with van der Waals surface area (Å²) in [4.78, 5) is 0. The van der Waals surface area contributed by atoms with Crippen LogP contribution in [0.3, 0.4) is 0 Å². The van der Waals surface area contributed by atoms with Gasteiger partial charge in [0.15, 0.2) is 0 Å². The highest BCUT2D eigenvalue weighted by Gasteiger charge is 2.49. The Balaban J connectivity index is 1.97. The lowest BCUT2D eigenvalue weighted by molar-refractivity contribution is 0.186. The number of fused-ring (bicyclic) bond motifs is 1. The molecule has 0 aromatic rings. The number of rotatable bonds is 2. The van der Waals surface area contributed by atoms with Crippen molar-refractivity contribution in [3.05, 3.63) is 0 Å². The molecule has 2 saturated carbocycles. The third-order valence-electron chi connectivity index (χ3n) is 3.86. The fraction of sp³-hybridized carbons (Fsp3) is 1.00. The monoisotopic (exact) mass is 182 g/mol. The van der Waals surface area contributed by atoms with Crippen molar-refractivity contribution >= 4 is 0 Å². The minimum absolute atomic E-state index is 0.302. The molecule has 3 unspecified atom stereocenters. The van der Waals surface area contributed by atoms with Crippen molar-refractivity contribution in [2.75, 3.05) is 0 Å². The van der Waals surface area contributed by atoms with Gasteiger partial charge in [-0.2, -0.15) is 0 Å². The molecule has 0 radical (unpaired) electrons. The largest absolute Gasteiger partial charge is 0.271 e. The summed E-state index contributed by atoms with van der Waals surface area (Å²) in [6.07, 6.45) is 4.32. The van der Waals surface area contributed by atoms with Gasteiger partial charge in [0.25, 0.3) is 0 Å². The van der Waals surface area contributed by atoms with Crippen LogP contribution in [0.4, 0.5) is 0 Å². The molecule has 13 heavy (non-hydrogen) atoms. The molecular weight excluding hydrogens is 160 g/mol. The Bertz CT molecular complexity index is 185. The average Bonchev–Trinajstić information content (AvgIpc) is 2.58. The van der Waals surface area contributed by atoms with Crippen LogP contribution in [0.15, 0.2) is 0 Å². The number of hydrogen-bond acceptors (Lipinski definition) is 2. The second kappa shape index (κ2) is 2.96. The molecule has 2 rings (SSSR count). The van der Waals surface area contributed by atoms with E-state index < -0.39 is 0 Å². The molecule has 2 aliphatic carbocycles. The van der Waals surface area contributed by atoms with Crippen molar-refractivity contribution in [2.24, 2.45) is 29.0 Å². The van der Waals surface area contributed by atoms with E-state index in [1.165, 1.54) is 19.3 Å². The molecule has 0 aromatic carbocycles. The molecule has 0 amide bonds. The first kappa shape index (κ1) is 9.47. The fourth-order valence-corrected chi connectivity index (χ4v) is 3.13. The summed E-state index contributed by atoms with van der Waals surface area (Å²) in [6.45, 7) is 6.84. The lowest BCUT2D eigenvalue weighted by Crippen LogP contribution is -2.48. The summed E-state index contributed by atoms with van der Waals surface area (Å²) in [5.41, 5.74) is 3.33. The van der Waals surface area contributed by atoms with Crippen LogP contribution in [0.5, 0.6) is 0 Å². The van der Waals surface area contributed by atoms with Gasteiger partial charge in [0, 0.05) is 6.04 Å². The lowest BCUT2D eigenvalue weighted by atomic mass is 9.77. The third-order valence-corrected chi connectivity index (χ3v) is 3.86. The van der Waals surface area contributed by atoms with Gasteiger partial charge in [0.05, 0.1) is 0 Å². The topological polar surface area (TPSA) is 38.0 Å². The molecule has 0 heterocycles. The van der Waals surface area contributed by atoms with Gasteiger partial charge >= 0.3 is 0 Å². The molecule has 0 aliphatic heterocycles. The highest BCUT2D eigenvalue weighted by molar-refractivity contribution is 5.01. The van der Waals surface area contributed by atoms with Crippen molar-refractivity contribution in [2.45, 2.75) is 46.1 Å². The molecule has 0 saturated heterocycles. The Morgan fingerprint density at radius 3 is 2.08 bits per heavy atom. The van der Waals surface area contributed by atoms with Gasteiger partial charge in [-0.3, -0.25) is 11.3 Å². The predicted molar refractivity (Wildman–Crippen MR) is 54.9 cm³/mol. The molecule has 0 spiro atoms. The van der Waals surface area contributed by atoms with Crippen LogP contribution in [0.1, 0.15) is 40.0 Å². The maximum absolute atomic E-state index is 5.65. The summed E-state index contributed by atoms with van der Waals surface area (Å²) in [5.74, 6) is 8.59. The Hall–Kier alpha value is -0.0800. The van der Waals surface area contributed by atoms with E-state index in [0.29, 0.717) is 11.5 Å². The van der Waals surface area contributed by atoms with Gasteiger partial charge < -0.3 is 0 Å². The second-order valence-corrected chi connectivity index (χ2v) is 6.00. The minimum Gasteiger partial charge on any atom is -0.271 e. The first-order valence-corrected chi connectivity index (χ1v) is 5.48. The summed E-state index contributed by atoms with van der Waals surface area (Å²) >= 11 is 0. The van der Waals surface area contributed by atoms with Gasteiger partial charge in [0.1, 0.15) is 0 Å². The fourth-order valence-electron chi connectivity index (χ4n) is 3.13. The van der Waals surface area contributed by atoms with E-state index in [4.69, 9.17) is 5.84 Å². The molecule has 2 aliphatic rings. The van der Waals surface area contributed by atoms with E-state index in [9.17, 15) is 0 Å². The number of nitrogens with two attached hydrogens (primary N) is 1.